The fraction of sp³-hybridized carbons (Fsp3) is 1.00. The van der Waals surface area contributed by atoms with Crippen molar-refractivity contribution in [2.75, 3.05) is 13.7 Å². The van der Waals surface area contributed by atoms with Crippen molar-refractivity contribution in [2.45, 2.75) is 30.7 Å². The van der Waals surface area contributed by atoms with E-state index in [0.29, 0.717) is 0 Å². The van der Waals surface area contributed by atoms with Gasteiger partial charge in [0.2, 0.25) is 0 Å². The SMILES string of the molecule is COCC1OC(O)C(O)C(O)C1O. The van der Waals surface area contributed by atoms with Crippen molar-refractivity contribution in [3.8, 4) is 0 Å². The second kappa shape index (κ2) is 4.32. The Hall–Kier alpha value is -0.240. The van der Waals surface area contributed by atoms with Crippen molar-refractivity contribution in [3.63, 3.8) is 0 Å². The highest BCUT2D eigenvalue weighted by atomic mass is 16.6. The Labute approximate surface area is 75.3 Å². The molecule has 4 N–H and O–H groups in total. The van der Waals surface area contributed by atoms with Crippen molar-refractivity contribution in [1.82, 2.24) is 0 Å². The van der Waals surface area contributed by atoms with Gasteiger partial charge in [0.1, 0.15) is 24.4 Å². The highest BCUT2D eigenvalue weighted by Crippen LogP contribution is 2.19. The van der Waals surface area contributed by atoms with Crippen LogP contribution in [0.2, 0.25) is 0 Å². The number of aliphatic hydroxyl groups excluding tert-OH is 4. The summed E-state index contributed by atoms with van der Waals surface area (Å²) in [6, 6.07) is 0. The van der Waals surface area contributed by atoms with Gasteiger partial charge in [0.15, 0.2) is 6.29 Å². The molecule has 5 unspecified atom stereocenters. The molecule has 0 aliphatic carbocycles. The molecule has 13 heavy (non-hydrogen) atoms. The molecule has 5 atom stereocenters. The van der Waals surface area contributed by atoms with Gasteiger partial charge in [0.25, 0.3) is 0 Å². The molecule has 0 saturated carbocycles. The maximum Gasteiger partial charge on any atom is 0.184 e. The summed E-state index contributed by atoms with van der Waals surface area (Å²) in [7, 11) is 1.40. The first-order valence-corrected chi connectivity index (χ1v) is 3.94. The van der Waals surface area contributed by atoms with Crippen molar-refractivity contribution in [2.24, 2.45) is 0 Å². The number of methoxy groups -OCH3 is 1. The Kier molecular flexibility index (Phi) is 3.60. The lowest BCUT2D eigenvalue weighted by Gasteiger charge is -2.37. The number of hydrogen-bond acceptors (Lipinski definition) is 6. The lowest BCUT2D eigenvalue weighted by Crippen LogP contribution is -2.58. The third-order valence-electron chi connectivity index (χ3n) is 2.02. The molecule has 0 bridgehead atoms. The average Bonchev–Trinajstić information content (AvgIpc) is 2.11. The minimum absolute atomic E-state index is 0.0437. The third-order valence-corrected chi connectivity index (χ3v) is 2.02. The summed E-state index contributed by atoms with van der Waals surface area (Å²) in [4.78, 5) is 0. The van der Waals surface area contributed by atoms with Crippen LogP contribution in [0.15, 0.2) is 0 Å². The van der Waals surface area contributed by atoms with Gasteiger partial charge >= 0.3 is 0 Å². The molecule has 0 aromatic heterocycles. The Balaban J connectivity index is 2.59. The molecule has 6 nitrogen and oxygen atoms in total. The van der Waals surface area contributed by atoms with Gasteiger partial charge in [-0.1, -0.05) is 0 Å². The van der Waals surface area contributed by atoms with E-state index in [0.717, 1.165) is 0 Å². The van der Waals surface area contributed by atoms with Gasteiger partial charge in [-0.3, -0.25) is 0 Å². The predicted octanol–water partition coefficient (Wildman–Crippen LogP) is -2.57. The van der Waals surface area contributed by atoms with E-state index in [4.69, 9.17) is 19.7 Å². The quantitative estimate of drug-likeness (QED) is 0.386. The third kappa shape index (κ3) is 2.16. The summed E-state index contributed by atoms with van der Waals surface area (Å²) >= 11 is 0. The first-order chi connectivity index (χ1) is 6.07. The summed E-state index contributed by atoms with van der Waals surface area (Å²) in [6.45, 7) is 0.0437. The summed E-state index contributed by atoms with van der Waals surface area (Å²) in [6.07, 6.45) is -6.46. The lowest BCUT2D eigenvalue weighted by atomic mass is 9.99. The molecular weight excluding hydrogens is 180 g/mol. The minimum Gasteiger partial charge on any atom is -0.387 e. The zero-order chi connectivity index (χ0) is 10.0. The van der Waals surface area contributed by atoms with Crippen LogP contribution in [-0.4, -0.2) is 64.8 Å². The van der Waals surface area contributed by atoms with Gasteiger partial charge in [-0.05, 0) is 0 Å². The number of aliphatic hydroxyl groups is 4. The van der Waals surface area contributed by atoms with Crippen molar-refractivity contribution < 1.29 is 29.9 Å². The van der Waals surface area contributed by atoms with E-state index in [1.165, 1.54) is 7.11 Å². The number of rotatable bonds is 2. The Morgan fingerprint density at radius 3 is 2.23 bits per heavy atom. The second-order valence-electron chi connectivity index (χ2n) is 2.99. The molecule has 0 amide bonds. The molecule has 1 aliphatic heterocycles. The normalized spacial score (nSPS) is 46.4. The molecule has 0 aromatic rings. The van der Waals surface area contributed by atoms with Crippen LogP contribution in [-0.2, 0) is 9.47 Å². The highest BCUT2D eigenvalue weighted by molar-refractivity contribution is 4.88. The molecule has 6 heteroatoms. The van der Waals surface area contributed by atoms with Crippen LogP contribution < -0.4 is 0 Å². The zero-order valence-electron chi connectivity index (χ0n) is 7.20. The summed E-state index contributed by atoms with van der Waals surface area (Å²) in [5, 5.41) is 36.7. The fourth-order valence-corrected chi connectivity index (χ4v) is 1.23. The molecular formula is C7H14O6. The molecule has 1 fully saturated rings. The average molecular weight is 194 g/mol. The van der Waals surface area contributed by atoms with Gasteiger partial charge in [-0.15, -0.1) is 0 Å². The van der Waals surface area contributed by atoms with E-state index in [2.05, 4.69) is 0 Å². The van der Waals surface area contributed by atoms with Crippen LogP contribution in [0.25, 0.3) is 0 Å². The molecule has 78 valence electrons. The van der Waals surface area contributed by atoms with Crippen LogP contribution in [0.1, 0.15) is 0 Å². The summed E-state index contributed by atoms with van der Waals surface area (Å²) in [5.74, 6) is 0. The molecule has 1 rings (SSSR count). The zero-order valence-corrected chi connectivity index (χ0v) is 7.20. The van der Waals surface area contributed by atoms with Gasteiger partial charge in [0, 0.05) is 7.11 Å². The smallest absolute Gasteiger partial charge is 0.184 e. The van der Waals surface area contributed by atoms with Gasteiger partial charge in [-0.25, -0.2) is 0 Å². The van der Waals surface area contributed by atoms with Gasteiger partial charge in [-0.2, -0.15) is 0 Å². The predicted molar refractivity (Wildman–Crippen MR) is 40.8 cm³/mol. The van der Waals surface area contributed by atoms with E-state index < -0.39 is 30.7 Å². The van der Waals surface area contributed by atoms with Gasteiger partial charge in [0.05, 0.1) is 6.61 Å². The van der Waals surface area contributed by atoms with E-state index in [-0.39, 0.29) is 6.61 Å². The summed E-state index contributed by atoms with van der Waals surface area (Å²) < 4.78 is 9.49. The standard InChI is InChI=1S/C7H14O6/c1-12-2-3-4(8)5(9)6(10)7(11)13-3/h3-11H,2H2,1H3. The van der Waals surface area contributed by atoms with Gasteiger partial charge < -0.3 is 29.9 Å². The highest BCUT2D eigenvalue weighted by Gasteiger charge is 2.42. The van der Waals surface area contributed by atoms with E-state index in [1.54, 1.807) is 0 Å². The van der Waals surface area contributed by atoms with Crippen LogP contribution in [0.3, 0.4) is 0 Å². The van der Waals surface area contributed by atoms with Crippen molar-refractivity contribution >= 4 is 0 Å². The molecule has 0 radical (unpaired) electrons. The van der Waals surface area contributed by atoms with Crippen molar-refractivity contribution in [1.29, 1.82) is 0 Å². The molecule has 1 heterocycles. The Morgan fingerprint density at radius 1 is 1.08 bits per heavy atom. The lowest BCUT2D eigenvalue weighted by molar-refractivity contribution is -0.287. The first kappa shape index (κ1) is 10.8. The number of ether oxygens (including phenoxy) is 2. The van der Waals surface area contributed by atoms with E-state index in [1.807, 2.05) is 0 Å². The van der Waals surface area contributed by atoms with Crippen LogP contribution >= 0.6 is 0 Å². The maximum absolute atomic E-state index is 9.33. The van der Waals surface area contributed by atoms with Crippen LogP contribution in [0, 0.1) is 0 Å². The largest absolute Gasteiger partial charge is 0.387 e. The van der Waals surface area contributed by atoms with E-state index >= 15 is 0 Å². The monoisotopic (exact) mass is 194 g/mol. The number of hydrogen-bond donors (Lipinski definition) is 4. The van der Waals surface area contributed by atoms with Crippen LogP contribution in [0.5, 0.6) is 0 Å². The Bertz CT molecular complexity index is 163. The molecule has 0 spiro atoms. The molecule has 0 aromatic carbocycles. The molecule has 1 aliphatic rings. The van der Waals surface area contributed by atoms with E-state index in [9.17, 15) is 10.2 Å². The maximum atomic E-state index is 9.33. The minimum atomic E-state index is -1.49. The van der Waals surface area contributed by atoms with Crippen molar-refractivity contribution in [3.05, 3.63) is 0 Å². The topological polar surface area (TPSA) is 99.4 Å². The van der Waals surface area contributed by atoms with Crippen LogP contribution in [0.4, 0.5) is 0 Å². The second-order valence-corrected chi connectivity index (χ2v) is 2.99. The Morgan fingerprint density at radius 2 is 1.69 bits per heavy atom. The fourth-order valence-electron chi connectivity index (χ4n) is 1.23. The first-order valence-electron chi connectivity index (χ1n) is 3.94. The summed E-state index contributed by atoms with van der Waals surface area (Å²) in [5.41, 5.74) is 0. The molecule has 1 saturated heterocycles.